The fraction of sp³-hybridized carbons (Fsp3) is 0.417. The molecule has 0 spiro atoms. The number of aliphatic carboxylic acids is 1. The number of anilines is 1. The lowest BCUT2D eigenvalue weighted by Gasteiger charge is -2.31. The van der Waals surface area contributed by atoms with Crippen LogP contribution in [-0.4, -0.2) is 36.4 Å². The van der Waals surface area contributed by atoms with Crippen LogP contribution in [0.4, 0.5) is 10.1 Å². The Bertz CT molecular complexity index is 653. The van der Waals surface area contributed by atoms with Gasteiger partial charge in [0.15, 0.2) is 0 Å². The van der Waals surface area contributed by atoms with Crippen LogP contribution in [0.5, 0.6) is 0 Å². The molecule has 1 saturated heterocycles. The van der Waals surface area contributed by atoms with Crippen LogP contribution in [0.15, 0.2) is 18.2 Å². The molecular formula is C12H14ClFN2O4S. The third-order valence-corrected chi connectivity index (χ3v) is 5.07. The van der Waals surface area contributed by atoms with Gasteiger partial charge in [0.05, 0.1) is 10.7 Å². The SMILES string of the molecule is O=C(O)C1CCCCN1S(=O)(=O)Nc1ccc(Cl)c(F)c1. The van der Waals surface area contributed by atoms with Gasteiger partial charge in [0.25, 0.3) is 0 Å². The summed E-state index contributed by atoms with van der Waals surface area (Å²) >= 11 is 5.52. The van der Waals surface area contributed by atoms with Gasteiger partial charge in [0.1, 0.15) is 11.9 Å². The Kier molecular flexibility index (Phi) is 4.70. The quantitative estimate of drug-likeness (QED) is 0.881. The van der Waals surface area contributed by atoms with E-state index in [2.05, 4.69) is 4.72 Å². The Morgan fingerprint density at radius 1 is 1.43 bits per heavy atom. The highest BCUT2D eigenvalue weighted by Crippen LogP contribution is 2.24. The van der Waals surface area contributed by atoms with Gasteiger partial charge >= 0.3 is 16.2 Å². The van der Waals surface area contributed by atoms with Crippen molar-refractivity contribution >= 4 is 33.5 Å². The summed E-state index contributed by atoms with van der Waals surface area (Å²) in [5.41, 5.74) is -0.00777. The van der Waals surface area contributed by atoms with Crippen molar-refractivity contribution in [3.05, 3.63) is 29.0 Å². The summed E-state index contributed by atoms with van der Waals surface area (Å²) in [4.78, 5) is 11.2. The van der Waals surface area contributed by atoms with E-state index in [0.29, 0.717) is 12.8 Å². The zero-order valence-electron chi connectivity index (χ0n) is 10.9. The number of carboxylic acid groups (broad SMARTS) is 1. The van der Waals surface area contributed by atoms with Crippen LogP contribution in [0.25, 0.3) is 0 Å². The average Bonchev–Trinajstić information content (AvgIpc) is 2.42. The number of nitrogens with zero attached hydrogens (tertiary/aromatic N) is 1. The maximum atomic E-state index is 13.3. The van der Waals surface area contributed by atoms with Gasteiger partial charge in [-0.05, 0) is 37.5 Å². The highest BCUT2D eigenvalue weighted by Gasteiger charge is 2.36. The van der Waals surface area contributed by atoms with Crippen molar-refractivity contribution < 1.29 is 22.7 Å². The summed E-state index contributed by atoms with van der Waals surface area (Å²) in [6.45, 7) is 0.113. The molecule has 0 radical (unpaired) electrons. The molecule has 1 unspecified atom stereocenters. The first-order valence-electron chi connectivity index (χ1n) is 6.29. The van der Waals surface area contributed by atoms with Crippen molar-refractivity contribution in [2.24, 2.45) is 0 Å². The molecular weight excluding hydrogens is 323 g/mol. The zero-order chi connectivity index (χ0) is 15.6. The largest absolute Gasteiger partial charge is 0.480 e. The van der Waals surface area contributed by atoms with Gasteiger partial charge in [-0.2, -0.15) is 12.7 Å². The number of piperidine rings is 1. The van der Waals surface area contributed by atoms with E-state index in [1.807, 2.05) is 0 Å². The van der Waals surface area contributed by atoms with E-state index in [9.17, 15) is 17.6 Å². The van der Waals surface area contributed by atoms with Gasteiger partial charge in [-0.15, -0.1) is 0 Å². The summed E-state index contributed by atoms with van der Waals surface area (Å²) in [6.07, 6.45) is 1.49. The van der Waals surface area contributed by atoms with Crippen LogP contribution in [0.2, 0.25) is 5.02 Å². The first-order valence-corrected chi connectivity index (χ1v) is 8.10. The smallest absolute Gasteiger partial charge is 0.322 e. The van der Waals surface area contributed by atoms with E-state index in [-0.39, 0.29) is 23.7 Å². The molecule has 116 valence electrons. The molecule has 1 fully saturated rings. The molecule has 0 aliphatic carbocycles. The van der Waals surface area contributed by atoms with Crippen LogP contribution in [-0.2, 0) is 15.0 Å². The minimum Gasteiger partial charge on any atom is -0.480 e. The Morgan fingerprint density at radius 2 is 2.14 bits per heavy atom. The normalized spacial score (nSPS) is 20.2. The monoisotopic (exact) mass is 336 g/mol. The maximum Gasteiger partial charge on any atom is 0.322 e. The molecule has 1 aromatic carbocycles. The summed E-state index contributed by atoms with van der Waals surface area (Å²) < 4.78 is 40.9. The van der Waals surface area contributed by atoms with E-state index in [1.165, 1.54) is 12.1 Å². The second kappa shape index (κ2) is 6.17. The van der Waals surface area contributed by atoms with Gasteiger partial charge in [0.2, 0.25) is 0 Å². The number of halogens is 2. The second-order valence-electron chi connectivity index (χ2n) is 4.70. The van der Waals surface area contributed by atoms with Gasteiger partial charge in [-0.25, -0.2) is 4.39 Å². The standard InChI is InChI=1S/C12H14ClFN2O4S/c13-9-5-4-8(7-10(9)14)15-21(19,20)16-6-2-1-3-11(16)12(17)18/h4-5,7,11,15H,1-3,6H2,(H,17,18). The lowest BCUT2D eigenvalue weighted by Crippen LogP contribution is -2.49. The topological polar surface area (TPSA) is 86.7 Å². The number of hydrogen-bond donors (Lipinski definition) is 2. The van der Waals surface area contributed by atoms with Crippen molar-refractivity contribution in [3.8, 4) is 0 Å². The van der Waals surface area contributed by atoms with E-state index < -0.39 is 28.0 Å². The molecule has 1 aliphatic heterocycles. The van der Waals surface area contributed by atoms with Crippen LogP contribution < -0.4 is 4.72 Å². The number of rotatable bonds is 4. The van der Waals surface area contributed by atoms with Crippen molar-refractivity contribution in [1.82, 2.24) is 4.31 Å². The molecule has 2 N–H and O–H groups in total. The maximum absolute atomic E-state index is 13.3. The first kappa shape index (κ1) is 16.0. The van der Waals surface area contributed by atoms with Gasteiger partial charge in [-0.3, -0.25) is 9.52 Å². The predicted octanol–water partition coefficient (Wildman–Crippen LogP) is 2.07. The van der Waals surface area contributed by atoms with Crippen molar-refractivity contribution in [2.75, 3.05) is 11.3 Å². The molecule has 0 bridgehead atoms. The van der Waals surface area contributed by atoms with E-state index in [0.717, 1.165) is 10.4 Å². The Labute approximate surface area is 126 Å². The molecule has 21 heavy (non-hydrogen) atoms. The number of hydrogen-bond acceptors (Lipinski definition) is 3. The number of carbonyl (C=O) groups is 1. The fourth-order valence-corrected chi connectivity index (χ4v) is 3.77. The number of carboxylic acids is 1. The fourth-order valence-electron chi connectivity index (χ4n) is 2.21. The summed E-state index contributed by atoms with van der Waals surface area (Å²) in [5, 5.41) is 8.98. The Morgan fingerprint density at radius 3 is 2.76 bits per heavy atom. The minimum atomic E-state index is -4.07. The van der Waals surface area contributed by atoms with Crippen molar-refractivity contribution in [1.29, 1.82) is 0 Å². The summed E-state index contributed by atoms with van der Waals surface area (Å²) in [7, 11) is -4.07. The third kappa shape index (κ3) is 3.63. The zero-order valence-corrected chi connectivity index (χ0v) is 12.5. The first-order chi connectivity index (χ1) is 9.81. The Balaban J connectivity index is 2.23. The highest BCUT2D eigenvalue weighted by atomic mass is 35.5. The molecule has 9 heteroatoms. The van der Waals surface area contributed by atoms with Gasteiger partial charge < -0.3 is 5.11 Å². The molecule has 2 rings (SSSR count). The molecule has 1 atom stereocenters. The van der Waals surface area contributed by atoms with E-state index >= 15 is 0 Å². The van der Waals surface area contributed by atoms with Gasteiger partial charge in [-0.1, -0.05) is 11.6 Å². The molecule has 0 aromatic heterocycles. The van der Waals surface area contributed by atoms with Crippen LogP contribution >= 0.6 is 11.6 Å². The van der Waals surface area contributed by atoms with Gasteiger partial charge in [0, 0.05) is 6.54 Å². The molecule has 0 saturated carbocycles. The van der Waals surface area contributed by atoms with Crippen LogP contribution in [0.3, 0.4) is 0 Å². The molecule has 0 amide bonds. The average molecular weight is 337 g/mol. The van der Waals surface area contributed by atoms with Crippen molar-refractivity contribution in [3.63, 3.8) is 0 Å². The summed E-state index contributed by atoms with van der Waals surface area (Å²) in [6, 6.07) is 2.37. The molecule has 6 nitrogen and oxygen atoms in total. The lowest BCUT2D eigenvalue weighted by atomic mass is 10.1. The summed E-state index contributed by atoms with van der Waals surface area (Å²) in [5.74, 6) is -1.95. The number of benzene rings is 1. The minimum absolute atomic E-state index is 0.00777. The molecule has 1 aliphatic rings. The third-order valence-electron chi connectivity index (χ3n) is 3.21. The Hall–Kier alpha value is -1.38. The van der Waals surface area contributed by atoms with Crippen LogP contribution in [0, 0.1) is 5.82 Å². The molecule has 1 aromatic rings. The molecule has 1 heterocycles. The van der Waals surface area contributed by atoms with E-state index in [4.69, 9.17) is 16.7 Å². The van der Waals surface area contributed by atoms with Crippen molar-refractivity contribution in [2.45, 2.75) is 25.3 Å². The highest BCUT2D eigenvalue weighted by molar-refractivity contribution is 7.90. The number of nitrogens with one attached hydrogen (secondary N) is 1. The second-order valence-corrected chi connectivity index (χ2v) is 6.73. The lowest BCUT2D eigenvalue weighted by molar-refractivity contribution is -0.142. The predicted molar refractivity (Wildman–Crippen MR) is 75.9 cm³/mol. The van der Waals surface area contributed by atoms with Crippen LogP contribution in [0.1, 0.15) is 19.3 Å². The van der Waals surface area contributed by atoms with E-state index in [1.54, 1.807) is 0 Å².